The Kier molecular flexibility index (Phi) is 5.37. The SMILES string of the molecule is Cc1cc(C)nc(CSSCc2nc(C)cc(C)n2)n1. The highest BCUT2D eigenvalue weighted by atomic mass is 33.1. The lowest BCUT2D eigenvalue weighted by Gasteiger charge is -2.04. The molecule has 0 saturated heterocycles. The summed E-state index contributed by atoms with van der Waals surface area (Å²) in [6, 6.07) is 3.98. The Labute approximate surface area is 127 Å². The highest BCUT2D eigenvalue weighted by molar-refractivity contribution is 8.76. The first-order valence-electron chi connectivity index (χ1n) is 6.39. The van der Waals surface area contributed by atoms with E-state index in [1.54, 1.807) is 21.6 Å². The van der Waals surface area contributed by atoms with E-state index in [9.17, 15) is 0 Å². The maximum absolute atomic E-state index is 4.43. The highest BCUT2D eigenvalue weighted by Crippen LogP contribution is 2.27. The minimum Gasteiger partial charge on any atom is -0.237 e. The fourth-order valence-corrected chi connectivity index (χ4v) is 3.68. The van der Waals surface area contributed by atoms with E-state index in [1.165, 1.54) is 0 Å². The van der Waals surface area contributed by atoms with Crippen molar-refractivity contribution in [3.05, 3.63) is 46.6 Å². The van der Waals surface area contributed by atoms with Crippen LogP contribution in [0.4, 0.5) is 0 Å². The topological polar surface area (TPSA) is 51.6 Å². The fourth-order valence-electron chi connectivity index (χ4n) is 1.92. The summed E-state index contributed by atoms with van der Waals surface area (Å²) in [5, 5.41) is 0. The summed E-state index contributed by atoms with van der Waals surface area (Å²) in [5.74, 6) is 3.39. The number of rotatable bonds is 5. The molecule has 2 aromatic heterocycles. The molecule has 0 unspecified atom stereocenters. The molecule has 0 amide bonds. The monoisotopic (exact) mass is 306 g/mol. The van der Waals surface area contributed by atoms with E-state index in [1.807, 2.05) is 39.8 Å². The molecule has 20 heavy (non-hydrogen) atoms. The van der Waals surface area contributed by atoms with E-state index >= 15 is 0 Å². The van der Waals surface area contributed by atoms with Crippen molar-refractivity contribution in [1.29, 1.82) is 0 Å². The van der Waals surface area contributed by atoms with Gasteiger partial charge in [0.25, 0.3) is 0 Å². The van der Waals surface area contributed by atoms with Crippen molar-refractivity contribution < 1.29 is 0 Å². The van der Waals surface area contributed by atoms with E-state index in [0.717, 1.165) is 45.9 Å². The van der Waals surface area contributed by atoms with Gasteiger partial charge in [0, 0.05) is 22.8 Å². The van der Waals surface area contributed by atoms with Crippen LogP contribution in [-0.2, 0) is 11.5 Å². The molecule has 0 radical (unpaired) electrons. The number of nitrogens with zero attached hydrogens (tertiary/aromatic N) is 4. The Morgan fingerprint density at radius 1 is 0.650 bits per heavy atom. The third-order valence-corrected chi connectivity index (χ3v) is 4.64. The van der Waals surface area contributed by atoms with Gasteiger partial charge >= 0.3 is 0 Å². The molecule has 0 bridgehead atoms. The third-order valence-electron chi connectivity index (χ3n) is 2.52. The van der Waals surface area contributed by atoms with Crippen LogP contribution in [0.3, 0.4) is 0 Å². The Balaban J connectivity index is 1.84. The average Bonchev–Trinajstić information content (AvgIpc) is 2.32. The third kappa shape index (κ3) is 4.76. The second-order valence-corrected chi connectivity index (χ2v) is 7.12. The summed E-state index contributed by atoms with van der Waals surface area (Å²) in [6.45, 7) is 8.00. The molecule has 0 saturated carbocycles. The Hall–Kier alpha value is -1.14. The van der Waals surface area contributed by atoms with Crippen molar-refractivity contribution in [2.45, 2.75) is 39.2 Å². The van der Waals surface area contributed by atoms with Gasteiger partial charge in [0.15, 0.2) is 0 Å². The summed E-state index contributed by atoms with van der Waals surface area (Å²) in [5.41, 5.74) is 4.10. The Bertz CT molecular complexity index is 508. The molecule has 0 N–H and O–H groups in total. The molecule has 2 aromatic rings. The van der Waals surface area contributed by atoms with Crippen molar-refractivity contribution in [2.24, 2.45) is 0 Å². The molecule has 106 valence electrons. The fraction of sp³-hybridized carbons (Fsp3) is 0.429. The molecular weight excluding hydrogens is 288 g/mol. The van der Waals surface area contributed by atoms with Gasteiger partial charge in [0.05, 0.1) is 11.5 Å². The lowest BCUT2D eigenvalue weighted by molar-refractivity contribution is 0.962. The van der Waals surface area contributed by atoms with Crippen molar-refractivity contribution in [1.82, 2.24) is 19.9 Å². The Morgan fingerprint density at radius 2 is 0.950 bits per heavy atom. The predicted molar refractivity (Wildman–Crippen MR) is 85.6 cm³/mol. The standard InChI is InChI=1S/C14H18N4S2/c1-9-5-10(2)16-13(15-9)7-19-20-8-14-17-11(3)6-12(4)18-14/h5-6H,7-8H2,1-4H3. The van der Waals surface area contributed by atoms with E-state index in [0.29, 0.717) is 0 Å². The normalized spacial score (nSPS) is 10.8. The van der Waals surface area contributed by atoms with Crippen molar-refractivity contribution in [3.8, 4) is 0 Å². The van der Waals surface area contributed by atoms with Gasteiger partial charge < -0.3 is 0 Å². The van der Waals surface area contributed by atoms with Crippen molar-refractivity contribution in [3.63, 3.8) is 0 Å². The van der Waals surface area contributed by atoms with Gasteiger partial charge in [-0.25, -0.2) is 19.9 Å². The second-order valence-electron chi connectivity index (χ2n) is 4.66. The lowest BCUT2D eigenvalue weighted by atomic mass is 10.3. The molecule has 0 aliphatic heterocycles. The van der Waals surface area contributed by atoms with Crippen LogP contribution in [0, 0.1) is 27.7 Å². The van der Waals surface area contributed by atoms with Gasteiger partial charge in [-0.3, -0.25) is 0 Å². The van der Waals surface area contributed by atoms with E-state index in [-0.39, 0.29) is 0 Å². The summed E-state index contributed by atoms with van der Waals surface area (Å²) in [7, 11) is 3.48. The van der Waals surface area contributed by atoms with E-state index < -0.39 is 0 Å². The average molecular weight is 306 g/mol. The largest absolute Gasteiger partial charge is 0.237 e. The van der Waals surface area contributed by atoms with Gasteiger partial charge in [-0.15, -0.1) is 0 Å². The van der Waals surface area contributed by atoms with Crippen LogP contribution in [0.5, 0.6) is 0 Å². The van der Waals surface area contributed by atoms with Crippen LogP contribution in [0.1, 0.15) is 34.4 Å². The first-order chi connectivity index (χ1) is 9.52. The molecule has 0 spiro atoms. The maximum Gasteiger partial charge on any atom is 0.139 e. The number of hydrogen-bond donors (Lipinski definition) is 0. The first kappa shape index (κ1) is 15.3. The van der Waals surface area contributed by atoms with E-state index in [4.69, 9.17) is 0 Å². The second kappa shape index (κ2) is 7.04. The molecule has 2 rings (SSSR count). The minimum atomic E-state index is 0.804. The smallest absolute Gasteiger partial charge is 0.139 e. The van der Waals surface area contributed by atoms with Gasteiger partial charge in [0.1, 0.15) is 11.6 Å². The Morgan fingerprint density at radius 3 is 1.25 bits per heavy atom. The molecule has 0 aliphatic carbocycles. The molecule has 0 aromatic carbocycles. The summed E-state index contributed by atoms with van der Waals surface area (Å²) in [4.78, 5) is 17.7. The summed E-state index contributed by atoms with van der Waals surface area (Å²) >= 11 is 0. The van der Waals surface area contributed by atoms with Gasteiger partial charge in [-0.05, 0) is 39.8 Å². The predicted octanol–water partition coefficient (Wildman–Crippen LogP) is 3.58. The highest BCUT2D eigenvalue weighted by Gasteiger charge is 2.03. The van der Waals surface area contributed by atoms with Crippen molar-refractivity contribution >= 4 is 21.6 Å². The van der Waals surface area contributed by atoms with Crippen molar-refractivity contribution in [2.75, 3.05) is 0 Å². The summed E-state index contributed by atoms with van der Waals surface area (Å²) in [6.07, 6.45) is 0. The summed E-state index contributed by atoms with van der Waals surface area (Å²) < 4.78 is 0. The quantitative estimate of drug-likeness (QED) is 0.621. The minimum absolute atomic E-state index is 0.804. The number of aromatic nitrogens is 4. The van der Waals surface area contributed by atoms with Gasteiger partial charge in [-0.1, -0.05) is 21.6 Å². The zero-order valence-corrected chi connectivity index (χ0v) is 13.8. The molecular formula is C14H18N4S2. The van der Waals surface area contributed by atoms with Crippen LogP contribution in [0.15, 0.2) is 12.1 Å². The number of aryl methyl sites for hydroxylation is 4. The van der Waals surface area contributed by atoms with Crippen LogP contribution >= 0.6 is 21.6 Å². The van der Waals surface area contributed by atoms with Crippen LogP contribution in [0.25, 0.3) is 0 Å². The van der Waals surface area contributed by atoms with Gasteiger partial charge in [-0.2, -0.15) is 0 Å². The van der Waals surface area contributed by atoms with Crippen LogP contribution in [0.2, 0.25) is 0 Å². The number of hydrogen-bond acceptors (Lipinski definition) is 6. The molecule has 0 fully saturated rings. The lowest BCUT2D eigenvalue weighted by Crippen LogP contribution is -1.98. The van der Waals surface area contributed by atoms with Crippen LogP contribution in [-0.4, -0.2) is 19.9 Å². The van der Waals surface area contributed by atoms with Gasteiger partial charge in [0.2, 0.25) is 0 Å². The molecule has 4 nitrogen and oxygen atoms in total. The van der Waals surface area contributed by atoms with Crippen LogP contribution < -0.4 is 0 Å². The maximum atomic E-state index is 4.43. The zero-order chi connectivity index (χ0) is 14.5. The molecule has 0 atom stereocenters. The molecule has 2 heterocycles. The molecule has 0 aliphatic rings. The first-order valence-corrected chi connectivity index (χ1v) is 8.88. The molecule has 6 heteroatoms. The van der Waals surface area contributed by atoms with E-state index in [2.05, 4.69) is 19.9 Å². The zero-order valence-electron chi connectivity index (χ0n) is 12.2.